The minimum Gasteiger partial charge on any atom is -0.215 e. The molecule has 0 N–H and O–H groups in total. The number of rotatable bonds is 0. The van der Waals surface area contributed by atoms with Crippen LogP contribution >= 0.6 is 0 Å². The second-order valence-corrected chi connectivity index (χ2v) is 4.21. The molecule has 2 heteroatoms. The predicted octanol–water partition coefficient (Wildman–Crippen LogP) is 1.80. The van der Waals surface area contributed by atoms with E-state index in [1.54, 1.807) is 0 Å². The minimum absolute atomic E-state index is 0.0872. The lowest BCUT2D eigenvalue weighted by Crippen LogP contribution is -2.22. The predicted molar refractivity (Wildman–Crippen MR) is 51.4 cm³/mol. The van der Waals surface area contributed by atoms with Gasteiger partial charge in [-0.15, -0.1) is 0 Å². The van der Waals surface area contributed by atoms with E-state index < -0.39 is 0 Å². The van der Waals surface area contributed by atoms with E-state index in [9.17, 15) is 0 Å². The van der Waals surface area contributed by atoms with Crippen molar-refractivity contribution in [3.05, 3.63) is 30.6 Å². The number of hydrogen-bond donors (Lipinski definition) is 0. The Kier molecular flexibility index (Phi) is 1.56. The monoisotopic (exact) mass is 173 g/mol. The summed E-state index contributed by atoms with van der Waals surface area (Å²) >= 11 is 0. The maximum absolute atomic E-state index is 4.25. The molecular formula is C11H13N2+. The van der Waals surface area contributed by atoms with E-state index in [4.69, 9.17) is 0 Å². The average molecular weight is 173 g/mol. The summed E-state index contributed by atoms with van der Waals surface area (Å²) in [5.74, 6) is 0. The third-order valence-electron chi connectivity index (χ3n) is 2.12. The van der Waals surface area contributed by atoms with Gasteiger partial charge in [-0.25, -0.2) is 4.57 Å². The first-order valence-corrected chi connectivity index (χ1v) is 4.44. The van der Waals surface area contributed by atoms with E-state index in [1.165, 1.54) is 5.39 Å². The van der Waals surface area contributed by atoms with Crippen molar-refractivity contribution in [1.82, 2.24) is 4.57 Å². The largest absolute Gasteiger partial charge is 0.393 e. The Morgan fingerprint density at radius 2 is 2.08 bits per heavy atom. The van der Waals surface area contributed by atoms with Crippen molar-refractivity contribution in [2.45, 2.75) is 26.3 Å². The van der Waals surface area contributed by atoms with Crippen LogP contribution in [0.4, 0.5) is 0 Å². The van der Waals surface area contributed by atoms with Crippen molar-refractivity contribution < 1.29 is 4.98 Å². The first-order chi connectivity index (χ1) is 6.09. The highest BCUT2D eigenvalue weighted by Gasteiger charge is 2.23. The summed E-state index contributed by atoms with van der Waals surface area (Å²) in [4.78, 5) is 4.25. The van der Waals surface area contributed by atoms with E-state index in [1.807, 2.05) is 12.1 Å². The Balaban J connectivity index is 2.72. The molecule has 0 aromatic carbocycles. The van der Waals surface area contributed by atoms with Gasteiger partial charge in [0.05, 0.1) is 11.6 Å². The first kappa shape index (κ1) is 8.12. The second kappa shape index (κ2) is 2.50. The zero-order chi connectivity index (χ0) is 9.47. The van der Waals surface area contributed by atoms with E-state index >= 15 is 0 Å². The zero-order valence-corrected chi connectivity index (χ0v) is 8.20. The van der Waals surface area contributed by atoms with Gasteiger partial charge < -0.3 is 0 Å². The Hall–Kier alpha value is -1.49. The number of aromatic nitrogens is 2. The lowest BCUT2D eigenvalue weighted by molar-refractivity contribution is -0.265. The SMILES string of the molecule is CC(C)(C)n1ccc2ccc#[n+]c21. The smallest absolute Gasteiger partial charge is 0.215 e. The summed E-state index contributed by atoms with van der Waals surface area (Å²) in [6, 6.07) is 5.96. The van der Waals surface area contributed by atoms with Gasteiger partial charge in [0, 0.05) is 6.07 Å². The van der Waals surface area contributed by atoms with Crippen molar-refractivity contribution in [2.24, 2.45) is 0 Å². The highest BCUT2D eigenvalue weighted by molar-refractivity contribution is 5.72. The van der Waals surface area contributed by atoms with Gasteiger partial charge in [0.1, 0.15) is 5.54 Å². The molecule has 0 bridgehead atoms. The average Bonchev–Trinajstić information content (AvgIpc) is 2.45. The van der Waals surface area contributed by atoms with E-state index in [2.05, 4.69) is 48.8 Å². The molecule has 0 saturated heterocycles. The van der Waals surface area contributed by atoms with Crippen LogP contribution in [-0.4, -0.2) is 4.57 Å². The standard InChI is InChI=1S/C11H13N2/c1-11(2,3)13-8-6-9-5-4-7-12-10(9)13/h4-6,8H,1-3H3/q+1. The highest BCUT2D eigenvalue weighted by Crippen LogP contribution is 2.19. The summed E-state index contributed by atoms with van der Waals surface area (Å²) in [7, 11) is 0. The van der Waals surface area contributed by atoms with Crippen molar-refractivity contribution in [2.75, 3.05) is 0 Å². The molecular weight excluding hydrogens is 160 g/mol. The van der Waals surface area contributed by atoms with Gasteiger partial charge in [0.2, 0.25) is 0 Å². The Morgan fingerprint density at radius 1 is 1.31 bits per heavy atom. The van der Waals surface area contributed by atoms with Crippen LogP contribution in [0.15, 0.2) is 24.4 Å². The molecule has 0 spiro atoms. The van der Waals surface area contributed by atoms with Crippen molar-refractivity contribution in [1.29, 1.82) is 0 Å². The molecule has 2 nitrogen and oxygen atoms in total. The molecule has 2 rings (SSSR count). The quantitative estimate of drug-likeness (QED) is 0.594. The van der Waals surface area contributed by atoms with Crippen LogP contribution < -0.4 is 4.98 Å². The van der Waals surface area contributed by atoms with Crippen molar-refractivity contribution in [3.8, 4) is 0 Å². The van der Waals surface area contributed by atoms with Gasteiger partial charge in [-0.1, -0.05) is 0 Å². The van der Waals surface area contributed by atoms with E-state index in [-0.39, 0.29) is 5.54 Å². The van der Waals surface area contributed by atoms with Crippen molar-refractivity contribution in [3.63, 3.8) is 0 Å². The molecule has 13 heavy (non-hydrogen) atoms. The summed E-state index contributed by atoms with van der Waals surface area (Å²) in [6.07, 6.45) is 4.94. The number of nitrogens with zero attached hydrogens (tertiary/aromatic N) is 2. The van der Waals surface area contributed by atoms with Crippen LogP contribution in [0.25, 0.3) is 11.0 Å². The third kappa shape index (κ3) is 1.27. The molecule has 66 valence electrons. The maximum atomic E-state index is 4.25. The second-order valence-electron chi connectivity index (χ2n) is 4.21. The molecule has 2 aromatic rings. The molecule has 0 aliphatic heterocycles. The van der Waals surface area contributed by atoms with E-state index in [0.717, 1.165) is 5.65 Å². The van der Waals surface area contributed by atoms with Gasteiger partial charge in [0.15, 0.2) is 6.20 Å². The lowest BCUT2D eigenvalue weighted by atomic mass is 10.1. The normalized spacial score (nSPS) is 11.6. The topological polar surface area (TPSA) is 19.0 Å². The Labute approximate surface area is 78.2 Å². The fourth-order valence-electron chi connectivity index (χ4n) is 1.45. The number of hydrogen-bond acceptors (Lipinski definition) is 0. The maximum Gasteiger partial charge on any atom is 0.393 e. The minimum atomic E-state index is 0.0872. The molecule has 0 fully saturated rings. The molecule has 0 aliphatic rings. The summed E-state index contributed by atoms with van der Waals surface area (Å²) < 4.78 is 2.17. The van der Waals surface area contributed by atoms with Gasteiger partial charge >= 0.3 is 5.65 Å². The molecule has 0 atom stereocenters. The van der Waals surface area contributed by atoms with Gasteiger partial charge in [-0.05, 0) is 32.9 Å². The molecule has 2 aromatic heterocycles. The Bertz CT molecular complexity index is 421. The fourth-order valence-corrected chi connectivity index (χ4v) is 1.45. The first-order valence-electron chi connectivity index (χ1n) is 4.44. The van der Waals surface area contributed by atoms with Crippen LogP contribution in [0.3, 0.4) is 0 Å². The summed E-state index contributed by atoms with van der Waals surface area (Å²) in [5.41, 5.74) is 1.10. The van der Waals surface area contributed by atoms with Gasteiger partial charge in [0.25, 0.3) is 0 Å². The van der Waals surface area contributed by atoms with Gasteiger partial charge in [-0.2, -0.15) is 4.98 Å². The van der Waals surface area contributed by atoms with Crippen LogP contribution in [0.5, 0.6) is 0 Å². The number of fused-ring (bicyclic) bond motifs is 1. The lowest BCUT2D eigenvalue weighted by Gasteiger charge is -2.13. The van der Waals surface area contributed by atoms with Gasteiger partial charge in [-0.3, -0.25) is 0 Å². The third-order valence-corrected chi connectivity index (χ3v) is 2.12. The molecule has 2 heterocycles. The highest BCUT2D eigenvalue weighted by atomic mass is 15.1. The van der Waals surface area contributed by atoms with Crippen LogP contribution in [0, 0.1) is 6.20 Å². The summed E-state index contributed by atoms with van der Waals surface area (Å²) in [6.45, 7) is 6.50. The van der Waals surface area contributed by atoms with Crippen molar-refractivity contribution >= 4 is 11.0 Å². The molecule has 0 amide bonds. The molecule has 0 saturated carbocycles. The van der Waals surface area contributed by atoms with E-state index in [0.29, 0.717) is 0 Å². The van der Waals surface area contributed by atoms with Crippen LogP contribution in [0.1, 0.15) is 20.8 Å². The Morgan fingerprint density at radius 3 is 2.77 bits per heavy atom. The fraction of sp³-hybridized carbons (Fsp3) is 0.364. The summed E-state index contributed by atoms with van der Waals surface area (Å²) in [5, 5.41) is 1.17. The molecule has 0 aliphatic carbocycles. The molecule has 0 radical (unpaired) electrons. The van der Waals surface area contributed by atoms with Crippen LogP contribution in [-0.2, 0) is 5.54 Å². The van der Waals surface area contributed by atoms with Crippen LogP contribution in [0.2, 0.25) is 0 Å². The zero-order valence-electron chi connectivity index (χ0n) is 8.20. The molecule has 0 unspecified atom stereocenters.